The highest BCUT2D eigenvalue weighted by Crippen LogP contribution is 2.22. The third kappa shape index (κ3) is 6.80. The minimum atomic E-state index is 0.0252. The maximum atomic E-state index is 5.91. The number of nitrogens with one attached hydrogen (secondary N) is 2. The molecule has 1 aromatic carbocycles. The topological polar surface area (TPSA) is 84.6 Å². The summed E-state index contributed by atoms with van der Waals surface area (Å²) in [5.74, 6) is 1.87. The van der Waals surface area contributed by atoms with Crippen LogP contribution in [0.25, 0.3) is 11.4 Å². The van der Waals surface area contributed by atoms with Crippen LogP contribution in [0.2, 0.25) is 5.02 Å². The smallest absolute Gasteiger partial charge is 0.228 e. The van der Waals surface area contributed by atoms with Crippen molar-refractivity contribution >= 4 is 17.6 Å². The highest BCUT2D eigenvalue weighted by Gasteiger charge is 2.24. The first kappa shape index (κ1) is 22.2. The average molecular weight is 408 g/mol. The Labute approximate surface area is 171 Å². The Balaban J connectivity index is 1.90. The largest absolute Gasteiger partial charge is 0.379 e. The number of aromatic nitrogens is 2. The summed E-state index contributed by atoms with van der Waals surface area (Å²) in [5.41, 5.74) is 0.896. The monoisotopic (exact) mass is 407 g/mol. The maximum Gasteiger partial charge on any atom is 0.228 e. The van der Waals surface area contributed by atoms with E-state index in [0.717, 1.165) is 18.1 Å². The highest BCUT2D eigenvalue weighted by atomic mass is 35.5. The van der Waals surface area contributed by atoms with Crippen molar-refractivity contribution in [1.82, 2.24) is 20.8 Å². The fourth-order valence-corrected chi connectivity index (χ4v) is 2.70. The summed E-state index contributed by atoms with van der Waals surface area (Å²) < 4.78 is 10.9. The number of ether oxygens (including phenoxy) is 1. The van der Waals surface area contributed by atoms with Crippen LogP contribution >= 0.6 is 11.6 Å². The molecule has 0 aliphatic carbocycles. The molecule has 154 valence electrons. The molecule has 0 fully saturated rings. The van der Waals surface area contributed by atoms with Crippen molar-refractivity contribution in [2.75, 3.05) is 26.7 Å². The molecule has 7 nitrogen and oxygen atoms in total. The highest BCUT2D eigenvalue weighted by molar-refractivity contribution is 6.30. The molecular formula is C20H30ClN5O2. The van der Waals surface area contributed by atoms with Crippen molar-refractivity contribution < 1.29 is 9.26 Å². The van der Waals surface area contributed by atoms with Gasteiger partial charge < -0.3 is 19.9 Å². The van der Waals surface area contributed by atoms with Gasteiger partial charge in [0.2, 0.25) is 11.7 Å². The van der Waals surface area contributed by atoms with E-state index in [1.807, 2.05) is 19.1 Å². The van der Waals surface area contributed by atoms with Crippen LogP contribution in [0.4, 0.5) is 0 Å². The molecule has 2 rings (SSSR count). The quantitative estimate of drug-likeness (QED) is 0.514. The number of hydrogen-bond donors (Lipinski definition) is 2. The Morgan fingerprint density at radius 1 is 1.25 bits per heavy atom. The van der Waals surface area contributed by atoms with Gasteiger partial charge in [-0.15, -0.1) is 0 Å². The standard InChI is InChI=1S/C20H30ClN5O2/c1-6-22-19(24-13-16(27-5)20(2,3)4)23-12-11-17-25-18(26-28-17)14-7-9-15(21)10-8-14/h7-10,16H,6,11-13H2,1-5H3,(H2,22,23,24). The van der Waals surface area contributed by atoms with Crippen LogP contribution in [0.5, 0.6) is 0 Å². The fourth-order valence-electron chi connectivity index (χ4n) is 2.58. The molecule has 1 atom stereocenters. The van der Waals surface area contributed by atoms with Crippen LogP contribution in [0.15, 0.2) is 33.8 Å². The summed E-state index contributed by atoms with van der Waals surface area (Å²) in [6.45, 7) is 10.4. The lowest BCUT2D eigenvalue weighted by atomic mass is 9.89. The molecule has 0 saturated carbocycles. The van der Waals surface area contributed by atoms with E-state index in [9.17, 15) is 0 Å². The van der Waals surface area contributed by atoms with Crippen LogP contribution in [-0.2, 0) is 11.2 Å². The van der Waals surface area contributed by atoms with Gasteiger partial charge in [-0.1, -0.05) is 37.5 Å². The van der Waals surface area contributed by atoms with Crippen molar-refractivity contribution in [1.29, 1.82) is 0 Å². The van der Waals surface area contributed by atoms with Crippen molar-refractivity contribution in [3.05, 3.63) is 35.2 Å². The van der Waals surface area contributed by atoms with Gasteiger partial charge in [-0.05, 0) is 36.6 Å². The summed E-state index contributed by atoms with van der Waals surface area (Å²) in [4.78, 5) is 9.07. The first-order valence-corrected chi connectivity index (χ1v) is 9.84. The molecule has 1 unspecified atom stereocenters. The summed E-state index contributed by atoms with van der Waals surface area (Å²) in [5, 5.41) is 11.2. The number of benzene rings is 1. The molecular weight excluding hydrogens is 378 g/mol. The Bertz CT molecular complexity index is 753. The summed E-state index contributed by atoms with van der Waals surface area (Å²) >= 11 is 5.91. The number of rotatable bonds is 8. The molecule has 0 radical (unpaired) electrons. The summed E-state index contributed by atoms with van der Waals surface area (Å²) in [7, 11) is 1.72. The van der Waals surface area contributed by atoms with E-state index in [-0.39, 0.29) is 11.5 Å². The van der Waals surface area contributed by atoms with Gasteiger partial charge in [0.1, 0.15) is 0 Å². The van der Waals surface area contributed by atoms with E-state index in [4.69, 9.17) is 20.9 Å². The maximum absolute atomic E-state index is 5.91. The van der Waals surface area contributed by atoms with Gasteiger partial charge in [0, 0.05) is 37.2 Å². The van der Waals surface area contributed by atoms with E-state index in [0.29, 0.717) is 36.2 Å². The number of hydrogen-bond acceptors (Lipinski definition) is 5. The molecule has 0 amide bonds. The Morgan fingerprint density at radius 3 is 2.57 bits per heavy atom. The van der Waals surface area contributed by atoms with Gasteiger partial charge in [0.15, 0.2) is 5.96 Å². The molecule has 1 heterocycles. The SMILES string of the molecule is CCNC(=NCC(OC)C(C)(C)C)NCCc1nc(-c2ccc(Cl)cc2)no1. The van der Waals surface area contributed by atoms with Crippen LogP contribution < -0.4 is 10.6 Å². The first-order valence-electron chi connectivity index (χ1n) is 9.47. The lowest BCUT2D eigenvalue weighted by molar-refractivity contribution is 0.0241. The van der Waals surface area contributed by atoms with Crippen molar-refractivity contribution in [3.63, 3.8) is 0 Å². The zero-order chi connectivity index (χ0) is 20.6. The third-order valence-corrected chi connectivity index (χ3v) is 4.46. The normalized spacial score (nSPS) is 13.4. The number of nitrogens with zero attached hydrogens (tertiary/aromatic N) is 3. The number of methoxy groups -OCH3 is 1. The van der Waals surface area contributed by atoms with Crippen molar-refractivity contribution in [2.45, 2.75) is 40.2 Å². The van der Waals surface area contributed by atoms with Crippen molar-refractivity contribution in [2.24, 2.45) is 10.4 Å². The molecule has 0 saturated heterocycles. The number of guanidine groups is 1. The Hall–Kier alpha value is -2.12. The van der Waals surface area contributed by atoms with Crippen LogP contribution in [0.3, 0.4) is 0 Å². The molecule has 8 heteroatoms. The minimum absolute atomic E-state index is 0.0252. The van der Waals surface area contributed by atoms with Gasteiger partial charge in [-0.2, -0.15) is 4.98 Å². The lowest BCUT2D eigenvalue weighted by Crippen LogP contribution is -2.40. The second-order valence-corrected chi connectivity index (χ2v) is 7.94. The predicted octanol–water partition coefficient (Wildman–Crippen LogP) is 3.55. The summed E-state index contributed by atoms with van der Waals surface area (Å²) in [6, 6.07) is 7.34. The third-order valence-electron chi connectivity index (χ3n) is 4.21. The fraction of sp³-hybridized carbons (Fsp3) is 0.550. The molecule has 2 aromatic rings. The van der Waals surface area contributed by atoms with Gasteiger partial charge in [0.05, 0.1) is 12.6 Å². The summed E-state index contributed by atoms with van der Waals surface area (Å²) in [6.07, 6.45) is 0.638. The van der Waals surface area contributed by atoms with E-state index < -0.39 is 0 Å². The van der Waals surface area contributed by atoms with E-state index in [2.05, 4.69) is 46.5 Å². The zero-order valence-corrected chi connectivity index (χ0v) is 18.0. The van der Waals surface area contributed by atoms with Gasteiger partial charge in [-0.3, -0.25) is 4.99 Å². The van der Waals surface area contributed by atoms with Crippen LogP contribution in [0, 0.1) is 5.41 Å². The van der Waals surface area contributed by atoms with Crippen LogP contribution in [0.1, 0.15) is 33.6 Å². The molecule has 2 N–H and O–H groups in total. The minimum Gasteiger partial charge on any atom is -0.379 e. The van der Waals surface area contributed by atoms with Gasteiger partial charge in [0.25, 0.3) is 0 Å². The molecule has 28 heavy (non-hydrogen) atoms. The van der Waals surface area contributed by atoms with Gasteiger partial charge in [-0.25, -0.2) is 0 Å². The van der Waals surface area contributed by atoms with E-state index in [1.54, 1.807) is 19.2 Å². The Kier molecular flexibility index (Phi) is 8.26. The molecule has 0 aliphatic heterocycles. The molecule has 1 aromatic heterocycles. The van der Waals surface area contributed by atoms with Crippen LogP contribution in [-0.4, -0.2) is 48.9 Å². The first-order chi connectivity index (χ1) is 13.3. The average Bonchev–Trinajstić information content (AvgIpc) is 3.10. The molecule has 0 bridgehead atoms. The van der Waals surface area contributed by atoms with E-state index >= 15 is 0 Å². The molecule has 0 spiro atoms. The second kappa shape index (κ2) is 10.4. The zero-order valence-electron chi connectivity index (χ0n) is 17.3. The molecule has 0 aliphatic rings. The van der Waals surface area contributed by atoms with E-state index in [1.165, 1.54) is 0 Å². The second-order valence-electron chi connectivity index (χ2n) is 7.51. The predicted molar refractivity (Wildman–Crippen MR) is 113 cm³/mol. The van der Waals surface area contributed by atoms with Crippen molar-refractivity contribution in [3.8, 4) is 11.4 Å². The lowest BCUT2D eigenvalue weighted by Gasteiger charge is -2.28. The number of aliphatic imine (C=N–C) groups is 1. The Morgan fingerprint density at radius 2 is 1.96 bits per heavy atom. The number of halogens is 1. The van der Waals surface area contributed by atoms with Gasteiger partial charge >= 0.3 is 0 Å².